The molecule has 0 N–H and O–H groups in total. The van der Waals surface area contributed by atoms with Crippen molar-refractivity contribution in [3.05, 3.63) is 60.0 Å². The van der Waals surface area contributed by atoms with Gasteiger partial charge >= 0.3 is 0 Å². The van der Waals surface area contributed by atoms with Crippen LogP contribution in [0.15, 0.2) is 53.1 Å². The Balaban J connectivity index is 1.40. The van der Waals surface area contributed by atoms with Crippen LogP contribution < -0.4 is 9.47 Å². The molecule has 0 bridgehead atoms. The largest absolute Gasteiger partial charge is 0.494 e. The predicted molar refractivity (Wildman–Crippen MR) is 111 cm³/mol. The Morgan fingerprint density at radius 1 is 1.00 bits per heavy atom. The van der Waals surface area contributed by atoms with Gasteiger partial charge in [-0.25, -0.2) is 0 Å². The summed E-state index contributed by atoms with van der Waals surface area (Å²) in [6.07, 6.45) is 0.377. The highest BCUT2D eigenvalue weighted by molar-refractivity contribution is 5.79. The number of amides is 1. The SMILES string of the molecule is CCOc1ccc(CN2CC(c3nc(-c4ccc(OCC)cc4)no3)CC2=O)cc1. The summed E-state index contributed by atoms with van der Waals surface area (Å²) in [7, 11) is 0. The molecule has 4 rings (SSSR count). The molecule has 1 amide bonds. The van der Waals surface area contributed by atoms with Gasteiger partial charge in [-0.15, -0.1) is 0 Å². The van der Waals surface area contributed by atoms with E-state index in [0.29, 0.717) is 44.4 Å². The topological polar surface area (TPSA) is 77.7 Å². The number of aromatic nitrogens is 2. The summed E-state index contributed by atoms with van der Waals surface area (Å²) in [5.41, 5.74) is 1.91. The van der Waals surface area contributed by atoms with Gasteiger partial charge in [-0.05, 0) is 55.8 Å². The molecule has 0 radical (unpaired) electrons. The number of nitrogens with zero attached hydrogens (tertiary/aromatic N) is 3. The van der Waals surface area contributed by atoms with E-state index in [4.69, 9.17) is 14.0 Å². The van der Waals surface area contributed by atoms with E-state index in [1.165, 1.54) is 0 Å². The summed E-state index contributed by atoms with van der Waals surface area (Å²) in [4.78, 5) is 18.9. The number of likely N-dealkylation sites (tertiary alicyclic amines) is 1. The first-order chi connectivity index (χ1) is 14.7. The summed E-state index contributed by atoms with van der Waals surface area (Å²) < 4.78 is 16.4. The van der Waals surface area contributed by atoms with Crippen LogP contribution in [0, 0.1) is 0 Å². The minimum absolute atomic E-state index is 0.0923. The first-order valence-corrected chi connectivity index (χ1v) is 10.2. The van der Waals surface area contributed by atoms with Crippen LogP contribution in [0.2, 0.25) is 0 Å². The quantitative estimate of drug-likeness (QED) is 0.561. The summed E-state index contributed by atoms with van der Waals surface area (Å²) >= 11 is 0. The molecule has 1 unspecified atom stereocenters. The average molecular weight is 407 g/mol. The fraction of sp³-hybridized carbons (Fsp3) is 0.348. The number of rotatable bonds is 8. The van der Waals surface area contributed by atoms with Crippen LogP contribution in [-0.4, -0.2) is 40.7 Å². The zero-order valence-electron chi connectivity index (χ0n) is 17.2. The number of ether oxygens (including phenoxy) is 2. The van der Waals surface area contributed by atoms with E-state index in [1.54, 1.807) is 0 Å². The van der Waals surface area contributed by atoms with E-state index in [9.17, 15) is 4.79 Å². The molecule has 0 aliphatic carbocycles. The van der Waals surface area contributed by atoms with Crippen molar-refractivity contribution in [1.82, 2.24) is 15.0 Å². The van der Waals surface area contributed by atoms with Gasteiger partial charge in [-0.1, -0.05) is 17.3 Å². The van der Waals surface area contributed by atoms with Crippen LogP contribution in [0.4, 0.5) is 0 Å². The van der Waals surface area contributed by atoms with Crippen molar-refractivity contribution >= 4 is 5.91 Å². The Morgan fingerprint density at radius 3 is 2.27 bits per heavy atom. The molecule has 2 heterocycles. The van der Waals surface area contributed by atoms with Gasteiger partial charge in [0.25, 0.3) is 0 Å². The number of benzene rings is 2. The molecule has 30 heavy (non-hydrogen) atoms. The molecule has 1 atom stereocenters. The second-order valence-corrected chi connectivity index (χ2v) is 7.17. The lowest BCUT2D eigenvalue weighted by Gasteiger charge is -2.16. The van der Waals surface area contributed by atoms with Crippen molar-refractivity contribution in [2.75, 3.05) is 19.8 Å². The molecular weight excluding hydrogens is 382 g/mol. The molecule has 1 aliphatic heterocycles. The molecular formula is C23H25N3O4. The average Bonchev–Trinajstić information content (AvgIpc) is 3.38. The number of carbonyl (C=O) groups excluding carboxylic acids is 1. The van der Waals surface area contributed by atoms with Gasteiger partial charge in [0.2, 0.25) is 17.6 Å². The molecule has 156 valence electrons. The lowest BCUT2D eigenvalue weighted by atomic mass is 10.1. The van der Waals surface area contributed by atoms with E-state index in [-0.39, 0.29) is 11.8 Å². The highest BCUT2D eigenvalue weighted by atomic mass is 16.5. The first kappa shape index (κ1) is 19.9. The third-order valence-electron chi connectivity index (χ3n) is 5.04. The standard InChI is InChI=1S/C23H25N3O4/c1-3-28-19-9-5-16(6-10-19)14-26-15-18(13-21(26)27)23-24-22(25-30-23)17-7-11-20(12-8-17)29-4-2/h5-12,18H,3-4,13-15H2,1-2H3. The van der Waals surface area contributed by atoms with Gasteiger partial charge in [-0.3, -0.25) is 4.79 Å². The van der Waals surface area contributed by atoms with Gasteiger partial charge in [-0.2, -0.15) is 4.98 Å². The molecule has 7 heteroatoms. The third-order valence-corrected chi connectivity index (χ3v) is 5.04. The second-order valence-electron chi connectivity index (χ2n) is 7.17. The van der Waals surface area contributed by atoms with E-state index in [2.05, 4.69) is 10.1 Å². The summed E-state index contributed by atoms with van der Waals surface area (Å²) in [5, 5.41) is 4.10. The maximum Gasteiger partial charge on any atom is 0.232 e. The number of hydrogen-bond acceptors (Lipinski definition) is 6. The van der Waals surface area contributed by atoms with Gasteiger partial charge < -0.3 is 18.9 Å². The smallest absolute Gasteiger partial charge is 0.232 e. The summed E-state index contributed by atoms with van der Waals surface area (Å²) in [6, 6.07) is 15.4. The summed E-state index contributed by atoms with van der Waals surface area (Å²) in [6.45, 7) is 6.28. The van der Waals surface area contributed by atoms with Crippen LogP contribution in [0.5, 0.6) is 11.5 Å². The molecule has 3 aromatic rings. The molecule has 1 aromatic heterocycles. The minimum Gasteiger partial charge on any atom is -0.494 e. The third kappa shape index (κ3) is 4.45. The Kier molecular flexibility index (Phi) is 5.97. The maximum absolute atomic E-state index is 12.5. The first-order valence-electron chi connectivity index (χ1n) is 10.2. The van der Waals surface area contributed by atoms with E-state index < -0.39 is 0 Å². The van der Waals surface area contributed by atoms with Crippen LogP contribution in [0.25, 0.3) is 11.4 Å². The van der Waals surface area contributed by atoms with Crippen LogP contribution in [0.3, 0.4) is 0 Å². The van der Waals surface area contributed by atoms with Crippen molar-refractivity contribution in [2.45, 2.75) is 32.7 Å². The lowest BCUT2D eigenvalue weighted by Crippen LogP contribution is -2.24. The zero-order chi connectivity index (χ0) is 20.9. The van der Waals surface area contributed by atoms with Gasteiger partial charge in [0.05, 0.1) is 19.1 Å². The molecule has 2 aromatic carbocycles. The van der Waals surface area contributed by atoms with Gasteiger partial charge in [0.15, 0.2) is 0 Å². The zero-order valence-corrected chi connectivity index (χ0v) is 17.2. The van der Waals surface area contributed by atoms with Gasteiger partial charge in [0, 0.05) is 25.1 Å². The Labute approximate surface area is 175 Å². The monoisotopic (exact) mass is 407 g/mol. The van der Waals surface area contributed by atoms with E-state index in [1.807, 2.05) is 67.3 Å². The summed E-state index contributed by atoms with van der Waals surface area (Å²) in [5.74, 6) is 2.65. The Morgan fingerprint density at radius 2 is 1.63 bits per heavy atom. The van der Waals surface area contributed by atoms with Crippen molar-refractivity contribution in [3.63, 3.8) is 0 Å². The highest BCUT2D eigenvalue weighted by Crippen LogP contribution is 2.30. The Bertz CT molecular complexity index is 982. The van der Waals surface area contributed by atoms with E-state index in [0.717, 1.165) is 22.6 Å². The van der Waals surface area contributed by atoms with E-state index >= 15 is 0 Å². The lowest BCUT2D eigenvalue weighted by molar-refractivity contribution is -0.128. The normalized spacial score (nSPS) is 16.1. The molecule has 0 spiro atoms. The van der Waals surface area contributed by atoms with Crippen molar-refractivity contribution in [2.24, 2.45) is 0 Å². The van der Waals surface area contributed by atoms with Crippen molar-refractivity contribution in [3.8, 4) is 22.9 Å². The minimum atomic E-state index is -0.0934. The predicted octanol–water partition coefficient (Wildman–Crippen LogP) is 4.05. The molecule has 1 aliphatic rings. The van der Waals surface area contributed by atoms with Crippen LogP contribution in [-0.2, 0) is 11.3 Å². The molecule has 1 fully saturated rings. The fourth-order valence-corrected chi connectivity index (χ4v) is 3.55. The van der Waals surface area contributed by atoms with Gasteiger partial charge in [0.1, 0.15) is 11.5 Å². The molecule has 7 nitrogen and oxygen atoms in total. The molecule has 1 saturated heterocycles. The van der Waals surface area contributed by atoms with Crippen LogP contribution in [0.1, 0.15) is 37.6 Å². The van der Waals surface area contributed by atoms with Crippen molar-refractivity contribution < 1.29 is 18.8 Å². The number of carbonyl (C=O) groups is 1. The second kappa shape index (κ2) is 8.98. The highest BCUT2D eigenvalue weighted by Gasteiger charge is 2.34. The number of hydrogen-bond donors (Lipinski definition) is 0. The van der Waals surface area contributed by atoms with Crippen molar-refractivity contribution in [1.29, 1.82) is 0 Å². The van der Waals surface area contributed by atoms with Crippen LogP contribution >= 0.6 is 0 Å². The Hall–Kier alpha value is -3.35. The fourth-order valence-electron chi connectivity index (χ4n) is 3.55. The molecule has 0 saturated carbocycles. The maximum atomic E-state index is 12.5.